The first-order valence-electron chi connectivity index (χ1n) is 11.5. The van der Waals surface area contributed by atoms with Crippen molar-refractivity contribution in [3.63, 3.8) is 0 Å². The summed E-state index contributed by atoms with van der Waals surface area (Å²) in [6, 6.07) is 3.85. The van der Waals surface area contributed by atoms with Gasteiger partial charge >= 0.3 is 23.9 Å². The van der Waals surface area contributed by atoms with Crippen LogP contribution in [0.3, 0.4) is 0 Å². The molecule has 0 bridgehead atoms. The third-order valence-electron chi connectivity index (χ3n) is 5.88. The molecule has 194 valence electrons. The van der Waals surface area contributed by atoms with Crippen molar-refractivity contribution in [2.45, 2.75) is 84.0 Å². The molecule has 3 rings (SSSR count). The van der Waals surface area contributed by atoms with Crippen LogP contribution in [0.4, 0.5) is 0 Å². The summed E-state index contributed by atoms with van der Waals surface area (Å²) in [5.74, 6) is -2.75. The normalized spacial score (nSPS) is 25.0. The van der Waals surface area contributed by atoms with Gasteiger partial charge in [0.25, 0.3) is 0 Å². The molecule has 1 aromatic rings. The minimum Gasteiger partial charge on any atom is -0.463 e. The quantitative estimate of drug-likeness (QED) is 0.309. The highest BCUT2D eigenvalue weighted by atomic mass is 32.1. The summed E-state index contributed by atoms with van der Waals surface area (Å²) in [7, 11) is 0. The van der Waals surface area contributed by atoms with Crippen LogP contribution in [0.1, 0.15) is 63.6 Å². The van der Waals surface area contributed by atoms with E-state index in [9.17, 15) is 24.4 Å². The molecule has 11 nitrogen and oxygen atoms in total. The molecule has 0 aromatic carbocycles. The van der Waals surface area contributed by atoms with Gasteiger partial charge in [-0.05, 0) is 37.3 Å². The number of ether oxygens (including phenoxy) is 5. The highest BCUT2D eigenvalue weighted by Crippen LogP contribution is 2.37. The number of hydrogen-bond acceptors (Lipinski definition) is 11. The lowest BCUT2D eigenvalue weighted by molar-refractivity contribution is -0.269. The number of fused-ring (bicyclic) bond motifs is 1. The van der Waals surface area contributed by atoms with Crippen LogP contribution in [0.2, 0.25) is 0 Å². The topological polar surface area (TPSA) is 143 Å². The fourth-order valence-electron chi connectivity index (χ4n) is 4.59. The van der Waals surface area contributed by atoms with Crippen LogP contribution in [-0.4, -0.2) is 59.5 Å². The second-order valence-corrected chi connectivity index (χ2v) is 9.00. The number of pyridine rings is 1. The Bertz CT molecular complexity index is 1160. The van der Waals surface area contributed by atoms with Gasteiger partial charge in [-0.15, -0.1) is 0 Å². The molecule has 0 amide bonds. The Labute approximate surface area is 213 Å². The third kappa shape index (κ3) is 6.09. The fraction of sp³-hybridized carbons (Fsp3) is 0.583. The predicted octanol–water partition coefficient (Wildman–Crippen LogP) is 2.22. The molecular weight excluding hydrogens is 492 g/mol. The molecule has 5 atom stereocenters. The zero-order valence-corrected chi connectivity index (χ0v) is 21.3. The van der Waals surface area contributed by atoms with E-state index in [1.165, 1.54) is 13.8 Å². The van der Waals surface area contributed by atoms with E-state index in [1.807, 2.05) is 0 Å². The van der Waals surface area contributed by atoms with Crippen molar-refractivity contribution in [3.05, 3.63) is 27.5 Å². The van der Waals surface area contributed by atoms with Crippen molar-refractivity contribution in [1.82, 2.24) is 4.57 Å². The van der Waals surface area contributed by atoms with Gasteiger partial charge in [-0.3, -0.25) is 19.2 Å². The fourth-order valence-corrected chi connectivity index (χ4v) is 4.91. The van der Waals surface area contributed by atoms with Gasteiger partial charge in [0.15, 0.2) is 24.5 Å². The lowest BCUT2D eigenvalue weighted by Gasteiger charge is -2.45. The predicted molar refractivity (Wildman–Crippen MR) is 124 cm³/mol. The van der Waals surface area contributed by atoms with Crippen LogP contribution in [0.25, 0.3) is 0 Å². The Kier molecular flexibility index (Phi) is 8.81. The number of aryl methyl sites for hydroxylation is 1. The summed E-state index contributed by atoms with van der Waals surface area (Å²) in [4.78, 5) is 47.8. The molecule has 0 spiro atoms. The molecule has 36 heavy (non-hydrogen) atoms. The molecule has 0 unspecified atom stereocenters. The number of nitriles is 1. The summed E-state index contributed by atoms with van der Waals surface area (Å²) < 4.78 is 29.7. The molecule has 12 heteroatoms. The summed E-state index contributed by atoms with van der Waals surface area (Å²) in [5, 5.41) is 9.72. The number of aromatic nitrogens is 1. The van der Waals surface area contributed by atoms with E-state index >= 15 is 0 Å². The summed E-state index contributed by atoms with van der Waals surface area (Å²) in [6.45, 7) is 4.35. The van der Waals surface area contributed by atoms with Gasteiger partial charge in [0.05, 0.1) is 5.56 Å². The highest BCUT2D eigenvalue weighted by Gasteiger charge is 2.53. The van der Waals surface area contributed by atoms with Gasteiger partial charge in [-0.25, -0.2) is 0 Å². The number of carbonyl (C=O) groups excluding carboxylic acids is 4. The van der Waals surface area contributed by atoms with E-state index in [2.05, 4.69) is 6.07 Å². The highest BCUT2D eigenvalue weighted by molar-refractivity contribution is 7.71. The number of esters is 4. The van der Waals surface area contributed by atoms with Crippen molar-refractivity contribution in [3.8, 4) is 6.07 Å². The SMILES string of the molecule is CC(=O)OC[C@@H]1O[C@@H](n2c3c(cc(C#N)c2=S)CCCC3)[C@@H](OC(C)=O)[C@@H](OC(C)=O)[C@H]1OC(C)=O. The zero-order valence-electron chi connectivity index (χ0n) is 20.5. The van der Waals surface area contributed by atoms with Crippen LogP contribution in [0.5, 0.6) is 0 Å². The van der Waals surface area contributed by atoms with E-state index in [4.69, 9.17) is 35.9 Å². The minimum atomic E-state index is -1.32. The lowest BCUT2D eigenvalue weighted by atomic mass is 9.92. The molecule has 1 aliphatic carbocycles. The summed E-state index contributed by atoms with van der Waals surface area (Å²) in [5.41, 5.74) is 1.93. The molecule has 1 aromatic heterocycles. The van der Waals surface area contributed by atoms with Crippen LogP contribution < -0.4 is 0 Å². The monoisotopic (exact) mass is 520 g/mol. The molecule has 0 N–H and O–H groups in total. The van der Waals surface area contributed by atoms with E-state index in [0.717, 1.165) is 37.9 Å². The van der Waals surface area contributed by atoms with Gasteiger partial charge in [-0.1, -0.05) is 12.2 Å². The second kappa shape index (κ2) is 11.6. The first kappa shape index (κ1) is 27.3. The van der Waals surface area contributed by atoms with Crippen molar-refractivity contribution < 1.29 is 42.9 Å². The second-order valence-electron chi connectivity index (χ2n) is 8.61. The molecule has 1 fully saturated rings. The molecule has 0 saturated carbocycles. The van der Waals surface area contributed by atoms with Crippen molar-refractivity contribution in [2.75, 3.05) is 6.61 Å². The molecule has 0 radical (unpaired) electrons. The Morgan fingerprint density at radius 3 is 2.14 bits per heavy atom. The zero-order chi connectivity index (χ0) is 26.6. The van der Waals surface area contributed by atoms with Crippen LogP contribution in [0.15, 0.2) is 6.07 Å². The van der Waals surface area contributed by atoms with Crippen LogP contribution in [-0.2, 0) is 55.7 Å². The van der Waals surface area contributed by atoms with E-state index in [1.54, 1.807) is 10.6 Å². The Balaban J connectivity index is 2.23. The van der Waals surface area contributed by atoms with Crippen molar-refractivity contribution in [2.24, 2.45) is 0 Å². The van der Waals surface area contributed by atoms with E-state index in [-0.39, 0.29) is 16.8 Å². The number of hydrogen-bond donors (Lipinski definition) is 0. The molecular formula is C24H28N2O9S. The van der Waals surface area contributed by atoms with Crippen molar-refractivity contribution >= 4 is 36.1 Å². The first-order chi connectivity index (χ1) is 17.0. The number of carbonyl (C=O) groups is 4. The average molecular weight is 521 g/mol. The van der Waals surface area contributed by atoms with Gasteiger partial charge in [0.2, 0.25) is 0 Å². The third-order valence-corrected chi connectivity index (χ3v) is 6.30. The Hall–Kier alpha value is -3.30. The Morgan fingerprint density at radius 1 is 0.972 bits per heavy atom. The summed E-state index contributed by atoms with van der Waals surface area (Å²) >= 11 is 5.64. The molecule has 1 saturated heterocycles. The van der Waals surface area contributed by atoms with Crippen LogP contribution in [0, 0.1) is 16.0 Å². The smallest absolute Gasteiger partial charge is 0.303 e. The standard InChI is InChI=1S/C24H28N2O9S/c1-12(27)31-11-19-20(32-13(2)28)21(33-14(3)29)22(34-15(4)30)23(35-19)26-18-8-6-5-7-16(18)9-17(10-25)24(26)36/h9,19-23H,5-8,11H2,1-4H3/t19-,20-,21-,22-,23+/m0/s1. The largest absolute Gasteiger partial charge is 0.463 e. The minimum absolute atomic E-state index is 0.152. The first-order valence-corrected chi connectivity index (χ1v) is 11.9. The van der Waals surface area contributed by atoms with Gasteiger partial charge in [0.1, 0.15) is 23.4 Å². The van der Waals surface area contributed by atoms with Crippen LogP contribution >= 0.6 is 12.2 Å². The number of rotatable bonds is 6. The molecule has 2 aliphatic rings. The average Bonchev–Trinajstić information content (AvgIpc) is 2.79. The lowest BCUT2D eigenvalue weighted by Crippen LogP contribution is -2.61. The molecule has 1 aliphatic heterocycles. The molecule has 2 heterocycles. The summed E-state index contributed by atoms with van der Waals surface area (Å²) in [6.07, 6.45) is -3.04. The number of nitrogens with zero attached hydrogens (tertiary/aromatic N) is 2. The van der Waals surface area contributed by atoms with Crippen molar-refractivity contribution in [1.29, 1.82) is 5.26 Å². The van der Waals surface area contributed by atoms with Gasteiger partial charge in [-0.2, -0.15) is 5.26 Å². The van der Waals surface area contributed by atoms with E-state index in [0.29, 0.717) is 12.8 Å². The van der Waals surface area contributed by atoms with Gasteiger partial charge in [0, 0.05) is 33.4 Å². The maximum Gasteiger partial charge on any atom is 0.303 e. The maximum absolute atomic E-state index is 12.2. The maximum atomic E-state index is 12.2. The van der Waals surface area contributed by atoms with E-state index < -0.39 is 54.5 Å². The van der Waals surface area contributed by atoms with Gasteiger partial charge < -0.3 is 28.3 Å². The Morgan fingerprint density at radius 2 is 1.56 bits per heavy atom.